The maximum atomic E-state index is 13.1. The third-order valence-electron chi connectivity index (χ3n) is 4.38. The zero-order chi connectivity index (χ0) is 18.4. The summed E-state index contributed by atoms with van der Waals surface area (Å²) in [6.45, 7) is 0. The summed E-state index contributed by atoms with van der Waals surface area (Å²) in [5.74, 6) is -0.485. The van der Waals surface area contributed by atoms with Crippen LogP contribution in [0, 0.1) is 0 Å². The fourth-order valence-electron chi connectivity index (χ4n) is 3.11. The topological polar surface area (TPSA) is 98.2 Å². The first kappa shape index (κ1) is 16.4. The molecule has 0 bridgehead atoms. The van der Waals surface area contributed by atoms with E-state index in [0.29, 0.717) is 27.0 Å². The van der Waals surface area contributed by atoms with Gasteiger partial charge in [-0.1, -0.05) is 24.3 Å². The van der Waals surface area contributed by atoms with Gasteiger partial charge >= 0.3 is 0 Å². The predicted octanol–water partition coefficient (Wildman–Crippen LogP) is 4.13. The van der Waals surface area contributed by atoms with Crippen molar-refractivity contribution in [2.75, 3.05) is 16.8 Å². The van der Waals surface area contributed by atoms with Gasteiger partial charge in [0.25, 0.3) is 0 Å². The summed E-state index contributed by atoms with van der Waals surface area (Å²) in [5, 5.41) is 3.19. The van der Waals surface area contributed by atoms with Crippen LogP contribution in [0.5, 0.6) is 0 Å². The molecule has 0 spiro atoms. The first-order valence-electron chi connectivity index (χ1n) is 7.90. The van der Waals surface area contributed by atoms with Crippen molar-refractivity contribution >= 4 is 50.2 Å². The highest BCUT2D eigenvalue weighted by Crippen LogP contribution is 2.40. The number of hydrogen-bond acceptors (Lipinski definition) is 5. The Bertz CT molecular complexity index is 1080. The monoisotopic (exact) mass is 407 g/mol. The number of hydrogen-bond donors (Lipinski definition) is 3. The van der Waals surface area contributed by atoms with Gasteiger partial charge in [-0.25, -0.2) is 0 Å². The Hall–Kier alpha value is -3.12. The van der Waals surface area contributed by atoms with Crippen molar-refractivity contribution in [3.8, 4) is 0 Å². The molecule has 0 atom stereocenters. The van der Waals surface area contributed by atoms with Gasteiger partial charge in [-0.05, 0) is 46.3 Å². The number of carbonyl (C=O) groups is 2. The van der Waals surface area contributed by atoms with E-state index in [-0.39, 0.29) is 28.4 Å². The summed E-state index contributed by atoms with van der Waals surface area (Å²) < 4.78 is 0.551. The van der Waals surface area contributed by atoms with Crippen LogP contribution in [0.2, 0.25) is 0 Å². The number of fused-ring (bicyclic) bond motifs is 2. The number of rotatable bonds is 2. The van der Waals surface area contributed by atoms with Crippen LogP contribution in [-0.4, -0.2) is 11.6 Å². The lowest BCUT2D eigenvalue weighted by Gasteiger charge is -2.23. The summed E-state index contributed by atoms with van der Waals surface area (Å²) in [6.07, 6.45) is 0. The molecule has 4 rings (SSSR count). The van der Waals surface area contributed by atoms with Gasteiger partial charge in [-0.2, -0.15) is 0 Å². The Morgan fingerprint density at radius 2 is 1.38 bits per heavy atom. The Kier molecular flexibility index (Phi) is 3.77. The van der Waals surface area contributed by atoms with Gasteiger partial charge in [-0.15, -0.1) is 0 Å². The second-order valence-corrected chi connectivity index (χ2v) is 6.87. The van der Waals surface area contributed by atoms with Crippen molar-refractivity contribution in [1.82, 2.24) is 0 Å². The molecule has 0 fully saturated rings. The summed E-state index contributed by atoms with van der Waals surface area (Å²) in [5.41, 5.74) is 15.3. The van der Waals surface area contributed by atoms with Crippen molar-refractivity contribution < 1.29 is 9.59 Å². The highest BCUT2D eigenvalue weighted by molar-refractivity contribution is 9.10. The van der Waals surface area contributed by atoms with E-state index in [1.54, 1.807) is 54.6 Å². The largest absolute Gasteiger partial charge is 0.399 e. The number of ketones is 2. The molecule has 0 aromatic heterocycles. The lowest BCUT2D eigenvalue weighted by molar-refractivity contribution is 0.0980. The Morgan fingerprint density at radius 3 is 2.00 bits per heavy atom. The number of nitrogens with one attached hydrogen (secondary N) is 1. The molecular weight excluding hydrogens is 394 g/mol. The minimum Gasteiger partial charge on any atom is -0.399 e. The van der Waals surface area contributed by atoms with Gasteiger partial charge in [-0.3, -0.25) is 9.59 Å². The Balaban J connectivity index is 1.93. The summed E-state index contributed by atoms with van der Waals surface area (Å²) in [7, 11) is 0. The molecular formula is C20H14BrN3O2. The van der Waals surface area contributed by atoms with Crippen molar-refractivity contribution in [2.45, 2.75) is 0 Å². The molecule has 0 unspecified atom stereocenters. The Labute approximate surface area is 158 Å². The molecule has 5 N–H and O–H groups in total. The maximum absolute atomic E-state index is 13.1. The van der Waals surface area contributed by atoms with E-state index in [1.807, 2.05) is 0 Å². The van der Waals surface area contributed by atoms with Gasteiger partial charge in [0, 0.05) is 27.0 Å². The minimum atomic E-state index is -0.255. The van der Waals surface area contributed by atoms with E-state index in [9.17, 15) is 9.59 Å². The van der Waals surface area contributed by atoms with Crippen LogP contribution in [0.15, 0.2) is 59.1 Å². The molecule has 0 heterocycles. The molecule has 0 radical (unpaired) electrons. The average molecular weight is 408 g/mol. The van der Waals surface area contributed by atoms with E-state index < -0.39 is 0 Å². The highest BCUT2D eigenvalue weighted by Gasteiger charge is 2.34. The van der Waals surface area contributed by atoms with Crippen LogP contribution in [-0.2, 0) is 0 Å². The van der Waals surface area contributed by atoms with Crippen molar-refractivity contribution in [3.05, 3.63) is 81.3 Å². The van der Waals surface area contributed by atoms with E-state index in [4.69, 9.17) is 11.5 Å². The first-order chi connectivity index (χ1) is 12.5. The van der Waals surface area contributed by atoms with E-state index >= 15 is 0 Å². The van der Waals surface area contributed by atoms with E-state index in [1.165, 1.54) is 0 Å². The second kappa shape index (κ2) is 6.00. The van der Waals surface area contributed by atoms with E-state index in [2.05, 4.69) is 21.2 Å². The van der Waals surface area contributed by atoms with Gasteiger partial charge in [0.15, 0.2) is 11.6 Å². The third-order valence-corrected chi connectivity index (χ3v) is 5.03. The standard InChI is InChI=1S/C20H14BrN3O2/c21-14-9-15(24-11-7-5-10(22)6-8-11)16-17(18(14)23)20(26)13-4-2-1-3-12(13)19(16)25/h1-9,24H,22-23H2. The smallest absolute Gasteiger partial charge is 0.196 e. The van der Waals surface area contributed by atoms with Gasteiger partial charge in [0.2, 0.25) is 0 Å². The molecule has 0 amide bonds. The van der Waals surface area contributed by atoms with Crippen LogP contribution in [0.3, 0.4) is 0 Å². The number of nitrogen functional groups attached to an aromatic ring is 2. The lowest BCUT2D eigenvalue weighted by atomic mass is 9.82. The zero-order valence-corrected chi connectivity index (χ0v) is 15.1. The number of halogens is 1. The van der Waals surface area contributed by atoms with Crippen molar-refractivity contribution in [3.63, 3.8) is 0 Å². The van der Waals surface area contributed by atoms with Gasteiger partial charge < -0.3 is 16.8 Å². The number of nitrogens with two attached hydrogens (primary N) is 2. The quantitative estimate of drug-likeness (QED) is 0.433. The fourth-order valence-corrected chi connectivity index (χ4v) is 3.53. The molecule has 3 aromatic carbocycles. The average Bonchev–Trinajstić information content (AvgIpc) is 2.64. The van der Waals surface area contributed by atoms with Crippen LogP contribution >= 0.6 is 15.9 Å². The molecule has 128 valence electrons. The molecule has 1 aliphatic rings. The number of carbonyl (C=O) groups excluding carboxylic acids is 2. The molecule has 5 nitrogen and oxygen atoms in total. The van der Waals surface area contributed by atoms with Crippen LogP contribution < -0.4 is 16.8 Å². The zero-order valence-electron chi connectivity index (χ0n) is 13.5. The number of benzene rings is 3. The molecule has 1 aliphatic carbocycles. The first-order valence-corrected chi connectivity index (χ1v) is 8.69. The highest BCUT2D eigenvalue weighted by atomic mass is 79.9. The van der Waals surface area contributed by atoms with Crippen LogP contribution in [0.25, 0.3) is 0 Å². The normalized spacial score (nSPS) is 12.5. The molecule has 26 heavy (non-hydrogen) atoms. The molecule has 0 saturated carbocycles. The SMILES string of the molecule is Nc1ccc(Nc2cc(Br)c(N)c3c2C(=O)c2ccccc2C3=O)cc1. The van der Waals surface area contributed by atoms with Crippen LogP contribution in [0.1, 0.15) is 31.8 Å². The van der Waals surface area contributed by atoms with Crippen molar-refractivity contribution in [2.24, 2.45) is 0 Å². The number of anilines is 4. The summed E-state index contributed by atoms with van der Waals surface area (Å²) in [6, 6.07) is 15.6. The minimum absolute atomic E-state index is 0.223. The second-order valence-electron chi connectivity index (χ2n) is 6.02. The fraction of sp³-hybridized carbons (Fsp3) is 0. The van der Waals surface area contributed by atoms with Gasteiger partial charge in [0.05, 0.1) is 22.5 Å². The summed E-state index contributed by atoms with van der Waals surface area (Å²) in [4.78, 5) is 26.1. The Morgan fingerprint density at radius 1 is 0.808 bits per heavy atom. The van der Waals surface area contributed by atoms with Crippen LogP contribution in [0.4, 0.5) is 22.7 Å². The predicted molar refractivity (Wildman–Crippen MR) is 106 cm³/mol. The maximum Gasteiger partial charge on any atom is 0.196 e. The summed E-state index contributed by atoms with van der Waals surface area (Å²) >= 11 is 3.39. The molecule has 0 aliphatic heterocycles. The molecule has 0 saturated heterocycles. The van der Waals surface area contributed by atoms with E-state index in [0.717, 1.165) is 5.69 Å². The van der Waals surface area contributed by atoms with Crippen molar-refractivity contribution in [1.29, 1.82) is 0 Å². The lowest BCUT2D eigenvalue weighted by Crippen LogP contribution is -2.23. The van der Waals surface area contributed by atoms with Gasteiger partial charge in [0.1, 0.15) is 0 Å². The third kappa shape index (κ3) is 2.46. The molecule has 3 aromatic rings. The molecule has 6 heteroatoms.